The Labute approximate surface area is 67.6 Å². The number of amides is 1. The Morgan fingerprint density at radius 3 is 1.92 bits per heavy atom. The second-order valence-electron chi connectivity index (χ2n) is 2.34. The molecule has 0 aromatic heterocycles. The van der Waals surface area contributed by atoms with Crippen LogP contribution < -0.4 is 5.32 Å². The molecule has 0 heterocycles. The smallest absolute Gasteiger partial charge is 0.334 e. The van der Waals surface area contributed by atoms with Crippen molar-refractivity contribution in [2.75, 3.05) is 13.3 Å². The molecule has 0 aliphatic carbocycles. The van der Waals surface area contributed by atoms with Crippen molar-refractivity contribution in [2.45, 2.75) is 12.5 Å². The first-order valence-electron chi connectivity index (χ1n) is 3.12. The topological polar surface area (TPSA) is 66.4 Å². The van der Waals surface area contributed by atoms with Crippen molar-refractivity contribution >= 4 is 11.9 Å². The van der Waals surface area contributed by atoms with Gasteiger partial charge in [0.15, 0.2) is 5.54 Å². The lowest BCUT2D eigenvalue weighted by Crippen LogP contribution is -2.57. The van der Waals surface area contributed by atoms with Gasteiger partial charge in [-0.3, -0.25) is 4.79 Å². The van der Waals surface area contributed by atoms with Crippen LogP contribution in [0.2, 0.25) is 0 Å². The van der Waals surface area contributed by atoms with E-state index in [1.807, 2.05) is 0 Å². The molecular formula is C6H9F2NO3. The summed E-state index contributed by atoms with van der Waals surface area (Å²) in [6.45, 7) is -1.96. The highest BCUT2D eigenvalue weighted by Crippen LogP contribution is 2.07. The first-order chi connectivity index (χ1) is 5.48. The lowest BCUT2D eigenvalue weighted by molar-refractivity contribution is -0.149. The van der Waals surface area contributed by atoms with Gasteiger partial charge in [0.05, 0.1) is 0 Å². The lowest BCUT2D eigenvalue weighted by atomic mass is 10.0. The average Bonchev–Trinajstić information content (AvgIpc) is 1.99. The van der Waals surface area contributed by atoms with Gasteiger partial charge in [0.1, 0.15) is 13.3 Å². The van der Waals surface area contributed by atoms with Crippen LogP contribution in [-0.2, 0) is 9.59 Å². The van der Waals surface area contributed by atoms with Crippen LogP contribution in [0.5, 0.6) is 0 Å². The van der Waals surface area contributed by atoms with Crippen molar-refractivity contribution in [3.63, 3.8) is 0 Å². The van der Waals surface area contributed by atoms with Crippen LogP contribution in [0.4, 0.5) is 8.78 Å². The molecule has 2 N–H and O–H groups in total. The Kier molecular flexibility index (Phi) is 3.59. The molecule has 6 heteroatoms. The Balaban J connectivity index is 4.58. The second kappa shape index (κ2) is 3.99. The fraction of sp³-hybridized carbons (Fsp3) is 0.667. The van der Waals surface area contributed by atoms with Gasteiger partial charge in [-0.05, 0) is 0 Å². The molecule has 4 nitrogen and oxygen atoms in total. The molecule has 0 aromatic carbocycles. The molecule has 0 saturated carbocycles. The second-order valence-corrected chi connectivity index (χ2v) is 2.34. The summed E-state index contributed by atoms with van der Waals surface area (Å²) in [4.78, 5) is 20.7. The average molecular weight is 181 g/mol. The molecule has 1 amide bonds. The Morgan fingerprint density at radius 2 is 1.83 bits per heavy atom. The minimum atomic E-state index is -2.41. The number of rotatable bonds is 4. The van der Waals surface area contributed by atoms with Crippen LogP contribution in [0, 0.1) is 0 Å². The van der Waals surface area contributed by atoms with E-state index in [-0.39, 0.29) is 0 Å². The van der Waals surface area contributed by atoms with Crippen LogP contribution in [0.3, 0.4) is 0 Å². The molecule has 0 saturated heterocycles. The molecule has 0 bridgehead atoms. The van der Waals surface area contributed by atoms with Gasteiger partial charge in [0.2, 0.25) is 5.91 Å². The number of carboxylic acids is 1. The summed E-state index contributed by atoms with van der Waals surface area (Å²) < 4.78 is 24.2. The molecule has 0 unspecified atom stereocenters. The van der Waals surface area contributed by atoms with E-state index < -0.39 is 30.8 Å². The molecule has 12 heavy (non-hydrogen) atoms. The van der Waals surface area contributed by atoms with Crippen molar-refractivity contribution in [3.8, 4) is 0 Å². The van der Waals surface area contributed by atoms with Gasteiger partial charge < -0.3 is 10.4 Å². The van der Waals surface area contributed by atoms with Crippen LogP contribution in [0.1, 0.15) is 6.92 Å². The predicted octanol–water partition coefficient (Wildman–Crippen LogP) is -0.115. The summed E-state index contributed by atoms with van der Waals surface area (Å²) >= 11 is 0. The minimum absolute atomic E-state index is 0.785. The molecule has 0 spiro atoms. The maximum absolute atomic E-state index is 12.1. The zero-order valence-corrected chi connectivity index (χ0v) is 6.43. The fourth-order valence-corrected chi connectivity index (χ4v) is 0.607. The largest absolute Gasteiger partial charge is 0.479 e. The molecule has 0 aromatic rings. The zero-order valence-electron chi connectivity index (χ0n) is 6.43. The predicted molar refractivity (Wildman–Crippen MR) is 36.1 cm³/mol. The lowest BCUT2D eigenvalue weighted by Gasteiger charge is -2.22. The van der Waals surface area contributed by atoms with E-state index in [0.717, 1.165) is 6.92 Å². The van der Waals surface area contributed by atoms with Crippen molar-refractivity contribution < 1.29 is 23.5 Å². The third kappa shape index (κ3) is 2.14. The number of carbonyl (C=O) groups excluding carboxylic acids is 1. The molecule has 0 radical (unpaired) electrons. The quantitative estimate of drug-likeness (QED) is 0.635. The first-order valence-corrected chi connectivity index (χ1v) is 3.12. The normalized spacial score (nSPS) is 10.9. The van der Waals surface area contributed by atoms with E-state index in [4.69, 9.17) is 5.11 Å². The molecule has 0 rings (SSSR count). The van der Waals surface area contributed by atoms with Crippen molar-refractivity contribution in [2.24, 2.45) is 0 Å². The van der Waals surface area contributed by atoms with E-state index in [1.54, 1.807) is 5.32 Å². The van der Waals surface area contributed by atoms with E-state index in [2.05, 4.69) is 0 Å². The monoisotopic (exact) mass is 181 g/mol. The molecule has 0 atom stereocenters. The highest BCUT2D eigenvalue weighted by molar-refractivity contribution is 5.86. The van der Waals surface area contributed by atoms with Crippen LogP contribution in [0.25, 0.3) is 0 Å². The maximum atomic E-state index is 12.1. The van der Waals surface area contributed by atoms with Crippen LogP contribution in [0.15, 0.2) is 0 Å². The van der Waals surface area contributed by atoms with Gasteiger partial charge in [-0.1, -0.05) is 0 Å². The Hall–Kier alpha value is -1.20. The standard InChI is InChI=1S/C6H9F2NO3/c1-4(10)9-6(2-7,3-8)5(11)12/h2-3H2,1H3,(H,9,10)(H,11,12). The third-order valence-electron chi connectivity index (χ3n) is 1.28. The van der Waals surface area contributed by atoms with Gasteiger partial charge in [-0.25, -0.2) is 13.6 Å². The maximum Gasteiger partial charge on any atom is 0.334 e. The molecule has 70 valence electrons. The summed E-state index contributed by atoms with van der Waals surface area (Å²) in [5, 5.41) is 10.1. The third-order valence-corrected chi connectivity index (χ3v) is 1.28. The van der Waals surface area contributed by atoms with E-state index in [0.29, 0.717) is 0 Å². The highest BCUT2D eigenvalue weighted by Gasteiger charge is 2.40. The van der Waals surface area contributed by atoms with Crippen LogP contribution >= 0.6 is 0 Å². The molecular weight excluding hydrogens is 172 g/mol. The SMILES string of the molecule is CC(=O)NC(CF)(CF)C(=O)O. The number of nitrogens with one attached hydrogen (secondary N) is 1. The summed E-state index contributed by atoms with van der Waals surface area (Å²) in [5.74, 6) is -2.50. The van der Waals surface area contributed by atoms with Crippen molar-refractivity contribution in [3.05, 3.63) is 0 Å². The van der Waals surface area contributed by atoms with Gasteiger partial charge in [0.25, 0.3) is 0 Å². The first kappa shape index (κ1) is 10.8. The minimum Gasteiger partial charge on any atom is -0.479 e. The Morgan fingerprint density at radius 1 is 1.42 bits per heavy atom. The summed E-state index contributed by atoms with van der Waals surface area (Å²) in [6.07, 6.45) is 0. The van der Waals surface area contributed by atoms with E-state index in [9.17, 15) is 18.4 Å². The molecule has 0 fully saturated rings. The van der Waals surface area contributed by atoms with Gasteiger partial charge in [-0.15, -0.1) is 0 Å². The Bertz CT molecular complexity index is 191. The highest BCUT2D eigenvalue weighted by atomic mass is 19.1. The van der Waals surface area contributed by atoms with Gasteiger partial charge in [-0.2, -0.15) is 0 Å². The van der Waals surface area contributed by atoms with Gasteiger partial charge >= 0.3 is 5.97 Å². The fourth-order valence-electron chi connectivity index (χ4n) is 0.607. The van der Waals surface area contributed by atoms with Crippen molar-refractivity contribution in [1.82, 2.24) is 5.32 Å². The molecule has 0 aliphatic heterocycles. The summed E-state index contributed by atoms with van der Waals surface area (Å²) in [7, 11) is 0. The number of hydrogen-bond acceptors (Lipinski definition) is 2. The number of carbonyl (C=O) groups is 2. The van der Waals surface area contributed by atoms with E-state index >= 15 is 0 Å². The van der Waals surface area contributed by atoms with Crippen LogP contribution in [-0.4, -0.2) is 35.9 Å². The zero-order chi connectivity index (χ0) is 9.78. The number of aliphatic carboxylic acids is 1. The molecule has 0 aliphatic rings. The summed E-state index contributed by atoms with van der Waals surface area (Å²) in [6, 6.07) is 0. The number of hydrogen-bond donors (Lipinski definition) is 2. The van der Waals surface area contributed by atoms with Gasteiger partial charge in [0, 0.05) is 6.92 Å². The number of halogens is 2. The summed E-state index contributed by atoms with van der Waals surface area (Å²) in [5.41, 5.74) is -2.41. The van der Waals surface area contributed by atoms with E-state index in [1.165, 1.54) is 0 Å². The number of carboxylic acid groups (broad SMARTS) is 1. The van der Waals surface area contributed by atoms with Crippen molar-refractivity contribution in [1.29, 1.82) is 0 Å². The number of alkyl halides is 2.